The van der Waals surface area contributed by atoms with Gasteiger partial charge in [0, 0.05) is 45.2 Å². The third kappa shape index (κ3) is 2.86. The molecule has 0 aromatic rings. The molecule has 6 heteroatoms. The van der Waals surface area contributed by atoms with Crippen LogP contribution >= 0.6 is 0 Å². The highest BCUT2D eigenvalue weighted by Gasteiger charge is 2.52. The fourth-order valence-corrected chi connectivity index (χ4v) is 4.49. The van der Waals surface area contributed by atoms with E-state index in [4.69, 9.17) is 5.73 Å². The lowest BCUT2D eigenvalue weighted by molar-refractivity contribution is -0.130. The van der Waals surface area contributed by atoms with Crippen LogP contribution in [-0.2, 0) is 9.59 Å². The smallest absolute Gasteiger partial charge is 0.237 e. The molecule has 123 valence electrons. The van der Waals surface area contributed by atoms with Crippen LogP contribution in [0.3, 0.4) is 0 Å². The van der Waals surface area contributed by atoms with E-state index in [0.29, 0.717) is 6.04 Å². The van der Waals surface area contributed by atoms with E-state index in [0.717, 1.165) is 58.3 Å². The number of likely N-dealkylation sites (tertiary alicyclic amines) is 1. The van der Waals surface area contributed by atoms with Gasteiger partial charge in [-0.3, -0.25) is 19.4 Å². The summed E-state index contributed by atoms with van der Waals surface area (Å²) in [5, 5.41) is 2.99. The number of nitrogens with zero attached hydrogens (tertiary/aromatic N) is 2. The first kappa shape index (κ1) is 15.7. The molecule has 3 rings (SSSR count). The summed E-state index contributed by atoms with van der Waals surface area (Å²) in [6.07, 6.45) is 7.10. The maximum absolute atomic E-state index is 12.0. The molecule has 22 heavy (non-hydrogen) atoms. The van der Waals surface area contributed by atoms with Gasteiger partial charge in [-0.25, -0.2) is 0 Å². The zero-order valence-electron chi connectivity index (χ0n) is 13.4. The summed E-state index contributed by atoms with van der Waals surface area (Å²) in [4.78, 5) is 27.9. The average molecular weight is 307 g/mol. The van der Waals surface area contributed by atoms with Crippen molar-refractivity contribution in [1.82, 2.24) is 15.1 Å². The highest BCUT2D eigenvalue weighted by atomic mass is 16.2. The zero-order chi connectivity index (χ0) is 15.7. The molecule has 2 amide bonds. The molecule has 3 atom stereocenters. The van der Waals surface area contributed by atoms with Gasteiger partial charge in [-0.1, -0.05) is 0 Å². The number of carbonyl (C=O) groups excluding carboxylic acids is 2. The fourth-order valence-electron chi connectivity index (χ4n) is 4.49. The van der Waals surface area contributed by atoms with E-state index in [-0.39, 0.29) is 17.9 Å². The van der Waals surface area contributed by atoms with Crippen LogP contribution in [0.25, 0.3) is 0 Å². The average Bonchev–Trinajstić information content (AvgIpc) is 2.96. The summed E-state index contributed by atoms with van der Waals surface area (Å²) < 4.78 is 0. The van der Waals surface area contributed by atoms with Gasteiger partial charge in [0.15, 0.2) is 0 Å². The molecule has 3 aliphatic heterocycles. The molecule has 0 aromatic heterocycles. The van der Waals surface area contributed by atoms with Gasteiger partial charge in [-0.15, -0.1) is 0 Å². The number of nitrogens with one attached hydrogen (secondary N) is 1. The van der Waals surface area contributed by atoms with E-state index >= 15 is 0 Å². The Morgan fingerprint density at radius 1 is 1.36 bits per heavy atom. The SMILES string of the molecule is CC(=O)N[C@@H]1CCN(CCN2[C@@H]3C[CH]C[C@@]2(C(N)=O)CC3)C1. The second-order valence-corrected chi connectivity index (χ2v) is 7.00. The van der Waals surface area contributed by atoms with Gasteiger partial charge >= 0.3 is 0 Å². The van der Waals surface area contributed by atoms with Gasteiger partial charge < -0.3 is 11.1 Å². The topological polar surface area (TPSA) is 78.7 Å². The Hall–Kier alpha value is -1.14. The maximum Gasteiger partial charge on any atom is 0.237 e. The standard InChI is InChI=1S/C16H27N4O2/c1-12(21)18-13-5-8-19(11-13)9-10-20-14-3-2-6-16(20,7-4-14)15(17)22/h2,13-14H,3-11H2,1H3,(H2,17,22)(H,18,21)/t13-,14-,16+/m1/s1. The highest BCUT2D eigenvalue weighted by molar-refractivity contribution is 5.85. The van der Waals surface area contributed by atoms with Crippen LogP contribution < -0.4 is 11.1 Å². The number of primary amides is 1. The predicted octanol–water partition coefficient (Wildman–Crippen LogP) is -0.117. The van der Waals surface area contributed by atoms with Crippen LogP contribution in [0.15, 0.2) is 0 Å². The molecule has 3 N–H and O–H groups in total. The van der Waals surface area contributed by atoms with Crippen LogP contribution in [0.4, 0.5) is 0 Å². The summed E-state index contributed by atoms with van der Waals surface area (Å²) in [5.74, 6) is -0.118. The van der Waals surface area contributed by atoms with Crippen molar-refractivity contribution in [2.24, 2.45) is 5.73 Å². The van der Waals surface area contributed by atoms with Crippen LogP contribution in [0.2, 0.25) is 0 Å². The number of nitrogens with two attached hydrogens (primary N) is 1. The largest absolute Gasteiger partial charge is 0.368 e. The Morgan fingerprint density at radius 2 is 2.18 bits per heavy atom. The van der Waals surface area contributed by atoms with E-state index in [9.17, 15) is 9.59 Å². The van der Waals surface area contributed by atoms with Crippen molar-refractivity contribution < 1.29 is 9.59 Å². The molecule has 0 aromatic carbocycles. The molecule has 6 nitrogen and oxygen atoms in total. The normalized spacial score (nSPS) is 35.7. The van der Waals surface area contributed by atoms with E-state index in [1.165, 1.54) is 0 Å². The second-order valence-electron chi connectivity index (χ2n) is 7.00. The Kier molecular flexibility index (Phi) is 4.41. The van der Waals surface area contributed by atoms with Gasteiger partial charge in [0.1, 0.15) is 5.54 Å². The Morgan fingerprint density at radius 3 is 2.91 bits per heavy atom. The van der Waals surface area contributed by atoms with Crippen molar-refractivity contribution in [2.75, 3.05) is 26.2 Å². The summed E-state index contributed by atoms with van der Waals surface area (Å²) in [6.45, 7) is 5.34. The molecular weight excluding hydrogens is 280 g/mol. The van der Waals surface area contributed by atoms with Crippen LogP contribution in [-0.4, -0.2) is 65.4 Å². The van der Waals surface area contributed by atoms with Gasteiger partial charge in [-0.05, 0) is 38.5 Å². The molecule has 3 aliphatic rings. The second kappa shape index (κ2) is 6.16. The summed E-state index contributed by atoms with van der Waals surface area (Å²) in [5.41, 5.74) is 5.30. The first-order valence-electron chi connectivity index (χ1n) is 8.39. The van der Waals surface area contributed by atoms with Gasteiger partial charge in [-0.2, -0.15) is 0 Å². The molecule has 0 saturated carbocycles. The summed E-state index contributed by atoms with van der Waals surface area (Å²) in [7, 11) is 0. The molecule has 3 fully saturated rings. The van der Waals surface area contributed by atoms with E-state index in [1.54, 1.807) is 6.92 Å². The Labute approximate surface area is 132 Å². The highest BCUT2D eigenvalue weighted by Crippen LogP contribution is 2.43. The van der Waals surface area contributed by atoms with Gasteiger partial charge in [0.25, 0.3) is 0 Å². The monoisotopic (exact) mass is 307 g/mol. The zero-order valence-corrected chi connectivity index (χ0v) is 13.4. The molecule has 3 heterocycles. The van der Waals surface area contributed by atoms with Crippen molar-refractivity contribution in [3.8, 4) is 0 Å². The number of fused-ring (bicyclic) bond motifs is 2. The third-order valence-electron chi connectivity index (χ3n) is 5.60. The molecule has 0 unspecified atom stereocenters. The number of rotatable bonds is 5. The minimum atomic E-state index is -0.431. The number of amides is 2. The molecule has 1 radical (unpaired) electrons. The van der Waals surface area contributed by atoms with E-state index in [1.807, 2.05) is 0 Å². The van der Waals surface area contributed by atoms with Crippen LogP contribution in [0, 0.1) is 6.42 Å². The van der Waals surface area contributed by atoms with Crippen molar-refractivity contribution in [3.63, 3.8) is 0 Å². The van der Waals surface area contributed by atoms with Gasteiger partial charge in [0.2, 0.25) is 11.8 Å². The van der Waals surface area contributed by atoms with Crippen molar-refractivity contribution in [3.05, 3.63) is 6.42 Å². The molecule has 0 spiro atoms. The van der Waals surface area contributed by atoms with Crippen molar-refractivity contribution in [2.45, 2.75) is 56.7 Å². The third-order valence-corrected chi connectivity index (χ3v) is 5.60. The lowest BCUT2D eigenvalue weighted by Crippen LogP contribution is -2.59. The Balaban J connectivity index is 1.55. The molecule has 2 bridgehead atoms. The van der Waals surface area contributed by atoms with Crippen molar-refractivity contribution in [1.29, 1.82) is 0 Å². The number of hydrogen-bond acceptors (Lipinski definition) is 4. The minimum absolute atomic E-state index is 0.0455. The lowest BCUT2D eigenvalue weighted by atomic mass is 9.87. The van der Waals surface area contributed by atoms with E-state index in [2.05, 4.69) is 21.5 Å². The fraction of sp³-hybridized carbons (Fsp3) is 0.812. The molecule has 3 saturated heterocycles. The number of carbonyl (C=O) groups is 2. The summed E-state index contributed by atoms with van der Waals surface area (Å²) >= 11 is 0. The molecular formula is C16H27N4O2. The Bertz CT molecular complexity index is 451. The quantitative estimate of drug-likeness (QED) is 0.742. The first-order chi connectivity index (χ1) is 10.5. The maximum atomic E-state index is 12.0. The van der Waals surface area contributed by atoms with Crippen LogP contribution in [0.5, 0.6) is 0 Å². The van der Waals surface area contributed by atoms with Crippen LogP contribution in [0.1, 0.15) is 39.0 Å². The number of hydrogen-bond donors (Lipinski definition) is 2. The number of piperidine rings is 1. The van der Waals surface area contributed by atoms with Gasteiger partial charge in [0.05, 0.1) is 0 Å². The minimum Gasteiger partial charge on any atom is -0.368 e. The van der Waals surface area contributed by atoms with E-state index < -0.39 is 5.54 Å². The first-order valence-corrected chi connectivity index (χ1v) is 8.39. The lowest BCUT2D eigenvalue weighted by Gasteiger charge is -2.43. The molecule has 0 aliphatic carbocycles. The summed E-state index contributed by atoms with van der Waals surface area (Å²) in [6, 6.07) is 0.754. The van der Waals surface area contributed by atoms with Crippen molar-refractivity contribution >= 4 is 11.8 Å². The predicted molar refractivity (Wildman–Crippen MR) is 83.8 cm³/mol.